The summed E-state index contributed by atoms with van der Waals surface area (Å²) in [6.07, 6.45) is 6.39. The van der Waals surface area contributed by atoms with Crippen molar-refractivity contribution in [3.05, 3.63) is 41.5 Å². The summed E-state index contributed by atoms with van der Waals surface area (Å²) in [5, 5.41) is 18.7. The quantitative estimate of drug-likeness (QED) is 0.803. The molecule has 1 aliphatic rings. The fourth-order valence-electron chi connectivity index (χ4n) is 2.93. The lowest BCUT2D eigenvalue weighted by molar-refractivity contribution is 0.407. The molecule has 3 rings (SSSR count). The first-order valence-electron chi connectivity index (χ1n) is 7.25. The minimum Gasteiger partial charge on any atom is -0.496 e. The molecule has 21 heavy (non-hydrogen) atoms. The van der Waals surface area contributed by atoms with Crippen molar-refractivity contribution in [3.63, 3.8) is 0 Å². The first kappa shape index (κ1) is 14.2. The Labute approximate surface area is 124 Å². The third-order valence-corrected chi connectivity index (χ3v) is 4.05. The van der Waals surface area contributed by atoms with E-state index in [0.717, 1.165) is 24.2 Å². The predicted molar refractivity (Wildman–Crippen MR) is 80.8 cm³/mol. The molecule has 0 saturated heterocycles. The second-order valence-electron chi connectivity index (χ2n) is 5.42. The van der Waals surface area contributed by atoms with E-state index in [-0.39, 0.29) is 0 Å². The van der Waals surface area contributed by atoms with Crippen LogP contribution in [0.25, 0.3) is 0 Å². The summed E-state index contributed by atoms with van der Waals surface area (Å²) in [5.41, 5.74) is 3.88. The van der Waals surface area contributed by atoms with Crippen LogP contribution in [0.15, 0.2) is 24.5 Å². The number of methoxy groups -OCH3 is 1. The van der Waals surface area contributed by atoms with Gasteiger partial charge in [-0.05, 0) is 37.2 Å². The Hall–Kier alpha value is -1.79. The number of nitrogens with zero attached hydrogens (tertiary/aromatic N) is 2. The fourth-order valence-corrected chi connectivity index (χ4v) is 2.93. The van der Waals surface area contributed by atoms with Gasteiger partial charge in [0.1, 0.15) is 5.75 Å². The molecule has 6 heteroatoms. The topological polar surface area (TPSA) is 67.5 Å². The standard InChI is InChI=1S/C15H19BN2O3/c1-21-15-7-6-12(16(19)20)8-11(15)9-18-10-17-13-4-2-3-5-14(13)18/h6-8,10,19-20H,2-5,9H2,1H3. The average molecular weight is 286 g/mol. The van der Waals surface area contributed by atoms with E-state index < -0.39 is 7.12 Å². The van der Waals surface area contributed by atoms with E-state index in [2.05, 4.69) is 9.55 Å². The van der Waals surface area contributed by atoms with Gasteiger partial charge in [-0.25, -0.2) is 4.98 Å². The molecule has 0 fully saturated rings. The van der Waals surface area contributed by atoms with Gasteiger partial charge in [-0.1, -0.05) is 12.1 Å². The molecule has 0 amide bonds. The minimum atomic E-state index is -1.47. The van der Waals surface area contributed by atoms with Gasteiger partial charge < -0.3 is 19.4 Å². The monoisotopic (exact) mass is 286 g/mol. The Balaban J connectivity index is 1.93. The van der Waals surface area contributed by atoms with Gasteiger partial charge in [0.2, 0.25) is 0 Å². The van der Waals surface area contributed by atoms with Crippen LogP contribution in [-0.4, -0.2) is 33.8 Å². The lowest BCUT2D eigenvalue weighted by Crippen LogP contribution is -2.30. The van der Waals surface area contributed by atoms with Gasteiger partial charge >= 0.3 is 7.12 Å². The van der Waals surface area contributed by atoms with E-state index in [9.17, 15) is 10.0 Å². The number of hydrogen-bond acceptors (Lipinski definition) is 4. The van der Waals surface area contributed by atoms with Crippen molar-refractivity contribution in [2.24, 2.45) is 0 Å². The van der Waals surface area contributed by atoms with Crippen LogP contribution in [0, 0.1) is 0 Å². The third-order valence-electron chi connectivity index (χ3n) is 4.05. The summed E-state index contributed by atoms with van der Waals surface area (Å²) in [4.78, 5) is 4.49. The average Bonchev–Trinajstić information content (AvgIpc) is 2.90. The highest BCUT2D eigenvalue weighted by atomic mass is 16.5. The normalized spacial score (nSPS) is 13.9. The van der Waals surface area contributed by atoms with Crippen LogP contribution in [0.4, 0.5) is 0 Å². The van der Waals surface area contributed by atoms with E-state index in [4.69, 9.17) is 4.74 Å². The summed E-state index contributed by atoms with van der Waals surface area (Å²) < 4.78 is 7.51. The molecule has 0 unspecified atom stereocenters. The minimum absolute atomic E-state index is 0.472. The van der Waals surface area contributed by atoms with Crippen LogP contribution in [0.1, 0.15) is 29.8 Å². The molecule has 0 radical (unpaired) electrons. The summed E-state index contributed by atoms with van der Waals surface area (Å²) >= 11 is 0. The highest BCUT2D eigenvalue weighted by Gasteiger charge is 2.18. The van der Waals surface area contributed by atoms with Gasteiger partial charge in [-0.2, -0.15) is 0 Å². The lowest BCUT2D eigenvalue weighted by Gasteiger charge is -2.16. The van der Waals surface area contributed by atoms with Crippen molar-refractivity contribution in [2.75, 3.05) is 7.11 Å². The zero-order valence-electron chi connectivity index (χ0n) is 12.1. The molecule has 0 atom stereocenters. The molecule has 1 aromatic heterocycles. The zero-order valence-corrected chi connectivity index (χ0v) is 12.1. The Morgan fingerprint density at radius 3 is 2.86 bits per heavy atom. The molecule has 0 spiro atoms. The van der Waals surface area contributed by atoms with Crippen LogP contribution >= 0.6 is 0 Å². The van der Waals surface area contributed by atoms with E-state index in [1.165, 1.54) is 24.2 Å². The van der Waals surface area contributed by atoms with Crippen LogP contribution in [0.2, 0.25) is 0 Å². The number of hydrogen-bond donors (Lipinski definition) is 2. The fraction of sp³-hybridized carbons (Fsp3) is 0.400. The smallest absolute Gasteiger partial charge is 0.488 e. The van der Waals surface area contributed by atoms with Crippen LogP contribution < -0.4 is 10.2 Å². The van der Waals surface area contributed by atoms with E-state index in [0.29, 0.717) is 12.0 Å². The molecule has 1 aliphatic carbocycles. The summed E-state index contributed by atoms with van der Waals surface area (Å²) in [6.45, 7) is 0.631. The number of rotatable bonds is 4. The number of imidazole rings is 1. The summed E-state index contributed by atoms with van der Waals surface area (Å²) in [5.74, 6) is 0.748. The van der Waals surface area contributed by atoms with Gasteiger partial charge in [0.25, 0.3) is 0 Å². The van der Waals surface area contributed by atoms with Crippen LogP contribution in [-0.2, 0) is 19.4 Å². The first-order valence-corrected chi connectivity index (χ1v) is 7.25. The molecule has 0 aliphatic heterocycles. The van der Waals surface area contributed by atoms with Crippen molar-refractivity contribution < 1.29 is 14.8 Å². The van der Waals surface area contributed by atoms with Crippen molar-refractivity contribution >= 4 is 12.6 Å². The predicted octanol–water partition coefficient (Wildman–Crippen LogP) is 0.499. The van der Waals surface area contributed by atoms with Crippen molar-refractivity contribution in [1.29, 1.82) is 0 Å². The molecule has 2 aromatic rings. The molecule has 1 aromatic carbocycles. The second-order valence-corrected chi connectivity index (χ2v) is 5.42. The number of benzene rings is 1. The molecule has 110 valence electrons. The molecular formula is C15H19BN2O3. The van der Waals surface area contributed by atoms with Gasteiger partial charge in [-0.3, -0.25) is 0 Å². The van der Waals surface area contributed by atoms with Crippen molar-refractivity contribution in [3.8, 4) is 5.75 Å². The lowest BCUT2D eigenvalue weighted by atomic mass is 9.79. The second kappa shape index (κ2) is 5.91. The van der Waals surface area contributed by atoms with Crippen LogP contribution in [0.5, 0.6) is 5.75 Å². The van der Waals surface area contributed by atoms with Crippen LogP contribution in [0.3, 0.4) is 0 Å². The van der Waals surface area contributed by atoms with E-state index in [1.54, 1.807) is 25.3 Å². The third kappa shape index (κ3) is 2.82. The maximum Gasteiger partial charge on any atom is 0.488 e. The number of aryl methyl sites for hydroxylation is 1. The Bertz CT molecular complexity index is 640. The number of aromatic nitrogens is 2. The van der Waals surface area contributed by atoms with Gasteiger partial charge in [-0.15, -0.1) is 0 Å². The summed E-state index contributed by atoms with van der Waals surface area (Å²) in [6, 6.07) is 5.21. The molecule has 0 saturated carbocycles. The molecule has 0 bridgehead atoms. The number of fused-ring (bicyclic) bond motifs is 1. The first-order chi connectivity index (χ1) is 10.2. The Morgan fingerprint density at radius 2 is 2.10 bits per heavy atom. The van der Waals surface area contributed by atoms with Gasteiger partial charge in [0, 0.05) is 11.3 Å². The molecule has 1 heterocycles. The van der Waals surface area contributed by atoms with Crippen molar-refractivity contribution in [1.82, 2.24) is 9.55 Å². The molecule has 2 N–H and O–H groups in total. The van der Waals surface area contributed by atoms with Gasteiger partial charge in [0.15, 0.2) is 0 Å². The molecular weight excluding hydrogens is 267 g/mol. The Kier molecular flexibility index (Phi) is 3.99. The SMILES string of the molecule is COc1ccc(B(O)O)cc1Cn1cnc2c1CCCC2. The highest BCUT2D eigenvalue weighted by molar-refractivity contribution is 6.58. The van der Waals surface area contributed by atoms with Gasteiger partial charge in [0.05, 0.1) is 25.7 Å². The highest BCUT2D eigenvalue weighted by Crippen LogP contribution is 2.23. The van der Waals surface area contributed by atoms with E-state index in [1.807, 2.05) is 6.33 Å². The van der Waals surface area contributed by atoms with E-state index >= 15 is 0 Å². The Morgan fingerprint density at radius 1 is 1.29 bits per heavy atom. The molecule has 5 nitrogen and oxygen atoms in total. The largest absolute Gasteiger partial charge is 0.496 e. The van der Waals surface area contributed by atoms with Crippen molar-refractivity contribution in [2.45, 2.75) is 32.2 Å². The maximum absolute atomic E-state index is 9.33. The number of ether oxygens (including phenoxy) is 1. The summed E-state index contributed by atoms with van der Waals surface area (Å²) in [7, 11) is 0.156. The zero-order chi connectivity index (χ0) is 14.8. The maximum atomic E-state index is 9.33.